The van der Waals surface area contributed by atoms with Crippen LogP contribution in [0.1, 0.15) is 41.5 Å². The summed E-state index contributed by atoms with van der Waals surface area (Å²) < 4.78 is 0. The van der Waals surface area contributed by atoms with Crippen molar-refractivity contribution in [3.05, 3.63) is 22.8 Å². The summed E-state index contributed by atoms with van der Waals surface area (Å²) in [6.45, 7) is 14.2. The Morgan fingerprint density at radius 2 is 1.09 bits per heavy atom. The molecule has 3 nitrogen and oxygen atoms in total. The van der Waals surface area contributed by atoms with E-state index in [0.717, 1.165) is 45.0 Å². The summed E-state index contributed by atoms with van der Waals surface area (Å²) in [7, 11) is 2.25. The van der Waals surface area contributed by atoms with Gasteiger partial charge in [-0.05, 0) is 17.8 Å². The predicted octanol–water partition coefficient (Wildman–Crippen LogP) is 1.17. The van der Waals surface area contributed by atoms with E-state index in [-0.39, 0.29) is 21.7 Å². The number of hydrogen-bond acceptors (Lipinski definition) is 3. The zero-order valence-electron chi connectivity index (χ0n) is 15.6. The van der Waals surface area contributed by atoms with Crippen LogP contribution in [0.5, 0.6) is 0 Å². The second-order valence-electron chi connectivity index (χ2n) is 5.66. The maximum absolute atomic E-state index is 8.25. The second kappa shape index (κ2) is 13.5. The van der Waals surface area contributed by atoms with Crippen molar-refractivity contribution in [2.45, 2.75) is 41.5 Å². The van der Waals surface area contributed by atoms with E-state index in [2.05, 4.69) is 47.6 Å². The van der Waals surface area contributed by atoms with Crippen molar-refractivity contribution in [1.82, 2.24) is 0 Å². The smallest absolute Gasteiger partial charge is 0.857 e. The Balaban J connectivity index is -0.000000463. The van der Waals surface area contributed by atoms with E-state index < -0.39 is 0 Å². The zero-order valence-corrected chi connectivity index (χ0v) is 17.2. The van der Waals surface area contributed by atoms with Crippen LogP contribution in [0, 0.1) is 35.7 Å². The van der Waals surface area contributed by atoms with Crippen LogP contribution in [0.3, 0.4) is 0 Å². The molecule has 126 valence electrons. The minimum absolute atomic E-state index is 0. The Morgan fingerprint density at radius 1 is 0.727 bits per heavy atom. The molecule has 4 heteroatoms. The fourth-order valence-electron chi connectivity index (χ4n) is 3.63. The van der Waals surface area contributed by atoms with E-state index in [1.807, 2.05) is 0 Å². The van der Waals surface area contributed by atoms with Gasteiger partial charge in [0.1, 0.15) is 0 Å². The van der Waals surface area contributed by atoms with Crippen LogP contribution in [0.25, 0.3) is 0 Å². The molecule has 5 atom stereocenters. The first kappa shape index (κ1) is 26.9. The number of hydrogen-bond donors (Lipinski definition) is 0. The molecule has 0 radical (unpaired) electrons. The second-order valence-corrected chi connectivity index (χ2v) is 5.66. The Morgan fingerprint density at radius 3 is 1.50 bits per heavy atom. The molecule has 0 fully saturated rings. The Hall–Kier alpha value is 0.0743. The van der Waals surface area contributed by atoms with Gasteiger partial charge in [-0.1, -0.05) is 53.4 Å². The van der Waals surface area contributed by atoms with Crippen molar-refractivity contribution < 1.29 is 37.0 Å². The van der Waals surface area contributed by atoms with Gasteiger partial charge in [-0.3, -0.25) is 6.08 Å². The van der Waals surface area contributed by atoms with Gasteiger partial charge in [-0.2, -0.15) is 32.5 Å². The third-order valence-corrected chi connectivity index (χ3v) is 4.97. The number of allylic oxidation sites excluding steroid dienone is 4. The van der Waals surface area contributed by atoms with Crippen LogP contribution >= 0.6 is 0 Å². The average Bonchev–Trinajstić information content (AvgIpc) is 2.83. The molecule has 2 rings (SSSR count). The van der Waals surface area contributed by atoms with Gasteiger partial charge in [0.2, 0.25) is 0 Å². The van der Waals surface area contributed by atoms with Crippen molar-refractivity contribution >= 4 is 0 Å². The normalized spacial score (nSPS) is 31.8. The SMILES string of the molecule is CC1=[C-]C(C)C2=C1C(C)C(C)C(C)C2C.C[O-].C[O-].C[O-].[Ti+4]. The van der Waals surface area contributed by atoms with Gasteiger partial charge in [0, 0.05) is 0 Å². The standard InChI is InChI=1S/C15H23.3CH3O.Ti/c1-8-7-9(2)15-13(6)11(4)10(3)12(5)14(8)15;3*1-2;/h8,10-13H,1-6H3;3*1H3;/q4*-1;+4. The quantitative estimate of drug-likeness (QED) is 0.489. The topological polar surface area (TPSA) is 69.2 Å². The van der Waals surface area contributed by atoms with Crippen LogP contribution in [-0.2, 0) is 21.7 Å². The maximum atomic E-state index is 8.25. The molecule has 0 bridgehead atoms. The summed E-state index contributed by atoms with van der Waals surface area (Å²) >= 11 is 0. The summed E-state index contributed by atoms with van der Waals surface area (Å²) in [5, 5.41) is 24.8. The molecule has 0 saturated carbocycles. The van der Waals surface area contributed by atoms with Crippen molar-refractivity contribution in [2.24, 2.45) is 29.6 Å². The molecule has 0 N–H and O–H groups in total. The molecule has 0 amide bonds. The summed E-state index contributed by atoms with van der Waals surface area (Å²) in [5.74, 6) is 3.65. The van der Waals surface area contributed by atoms with Crippen molar-refractivity contribution in [1.29, 1.82) is 0 Å². The van der Waals surface area contributed by atoms with Gasteiger partial charge in [-0.25, -0.2) is 5.57 Å². The van der Waals surface area contributed by atoms with Crippen molar-refractivity contribution in [2.75, 3.05) is 21.3 Å². The van der Waals surface area contributed by atoms with Gasteiger partial charge in [0.25, 0.3) is 0 Å². The Labute approximate surface area is 152 Å². The van der Waals surface area contributed by atoms with Gasteiger partial charge < -0.3 is 15.3 Å². The summed E-state index contributed by atoms with van der Waals surface area (Å²) in [4.78, 5) is 0. The first-order valence-electron chi connectivity index (χ1n) is 7.52. The first-order valence-corrected chi connectivity index (χ1v) is 7.52. The molecule has 0 aromatic heterocycles. The predicted molar refractivity (Wildman–Crippen MR) is 83.0 cm³/mol. The fraction of sp³-hybridized carbons (Fsp3) is 0.778. The Kier molecular flexibility index (Phi) is 16.5. The van der Waals surface area contributed by atoms with E-state index >= 15 is 0 Å². The Bertz CT molecular complexity index is 350. The van der Waals surface area contributed by atoms with Crippen LogP contribution in [-0.4, -0.2) is 21.3 Å². The molecule has 0 heterocycles. The van der Waals surface area contributed by atoms with Crippen LogP contribution < -0.4 is 15.3 Å². The summed E-state index contributed by atoms with van der Waals surface area (Å²) in [6, 6.07) is 0. The molecular formula is C18H32O3Ti. The van der Waals surface area contributed by atoms with Crippen molar-refractivity contribution in [3.8, 4) is 0 Å². The van der Waals surface area contributed by atoms with Crippen LogP contribution in [0.15, 0.2) is 16.7 Å². The molecule has 0 aromatic rings. The van der Waals surface area contributed by atoms with E-state index in [9.17, 15) is 0 Å². The minimum Gasteiger partial charge on any atom is -0.857 e. The van der Waals surface area contributed by atoms with Crippen LogP contribution in [0.2, 0.25) is 0 Å². The van der Waals surface area contributed by atoms with Gasteiger partial charge >= 0.3 is 21.7 Å². The molecule has 0 aliphatic heterocycles. The zero-order chi connectivity index (χ0) is 17.3. The number of rotatable bonds is 0. The van der Waals surface area contributed by atoms with E-state index in [4.69, 9.17) is 15.3 Å². The summed E-state index contributed by atoms with van der Waals surface area (Å²) in [5.41, 5.74) is 4.75. The average molecular weight is 344 g/mol. The summed E-state index contributed by atoms with van der Waals surface area (Å²) in [6.07, 6.45) is 3.60. The molecule has 0 aromatic carbocycles. The monoisotopic (exact) mass is 344 g/mol. The minimum atomic E-state index is 0. The third-order valence-electron chi connectivity index (χ3n) is 4.97. The molecule has 22 heavy (non-hydrogen) atoms. The largest absolute Gasteiger partial charge is 4.00 e. The van der Waals surface area contributed by atoms with E-state index in [1.54, 1.807) is 11.1 Å². The van der Waals surface area contributed by atoms with Gasteiger partial charge in [-0.15, -0.1) is 0 Å². The van der Waals surface area contributed by atoms with E-state index in [1.165, 1.54) is 5.57 Å². The first-order chi connectivity index (χ1) is 9.95. The molecule has 0 spiro atoms. The third kappa shape index (κ3) is 5.61. The fourth-order valence-corrected chi connectivity index (χ4v) is 3.63. The molecule has 0 saturated heterocycles. The van der Waals surface area contributed by atoms with E-state index in [0.29, 0.717) is 5.92 Å². The maximum Gasteiger partial charge on any atom is 4.00 e. The molecule has 2 aliphatic rings. The molecule has 2 aliphatic carbocycles. The van der Waals surface area contributed by atoms with Crippen LogP contribution in [0.4, 0.5) is 0 Å². The van der Waals surface area contributed by atoms with Gasteiger partial charge in [0.05, 0.1) is 0 Å². The molecule has 5 unspecified atom stereocenters. The van der Waals surface area contributed by atoms with Gasteiger partial charge in [0.15, 0.2) is 0 Å². The molecular weight excluding hydrogens is 312 g/mol. The van der Waals surface area contributed by atoms with Crippen molar-refractivity contribution in [3.63, 3.8) is 0 Å².